The van der Waals surface area contributed by atoms with Crippen LogP contribution in [0.5, 0.6) is 0 Å². The Bertz CT molecular complexity index is 1490. The van der Waals surface area contributed by atoms with Gasteiger partial charge in [-0.05, 0) is 95.6 Å². The number of carbonyl (C=O) groups is 3. The monoisotopic (exact) mass is 820 g/mol. The Morgan fingerprint density at radius 2 is 1.57 bits per heavy atom. The molecule has 0 unspecified atom stereocenters. The van der Waals surface area contributed by atoms with Gasteiger partial charge in [0, 0.05) is 51.1 Å². The number of ether oxygens (including phenoxy) is 6. The first-order chi connectivity index (χ1) is 27.1. The summed E-state index contributed by atoms with van der Waals surface area (Å²) in [5.41, 5.74) is -1.69. The van der Waals surface area contributed by atoms with Crippen LogP contribution in [0.2, 0.25) is 0 Å². The summed E-state index contributed by atoms with van der Waals surface area (Å²) in [5, 5.41) is 23.0. The lowest BCUT2D eigenvalue weighted by molar-refractivity contribution is -0.409. The average molecular weight is 820 g/mol. The van der Waals surface area contributed by atoms with Crippen molar-refractivity contribution in [1.29, 1.82) is 0 Å². The normalized spacial score (nSPS) is 43.1. The summed E-state index contributed by atoms with van der Waals surface area (Å²) >= 11 is 0. The summed E-state index contributed by atoms with van der Waals surface area (Å²) in [4.78, 5) is 41.8. The highest BCUT2D eigenvalue weighted by molar-refractivity contribution is 5.84. The third kappa shape index (κ3) is 9.00. The molecule has 0 saturated carbocycles. The van der Waals surface area contributed by atoms with Crippen molar-refractivity contribution in [3.8, 4) is 0 Å². The van der Waals surface area contributed by atoms with E-state index in [0.717, 1.165) is 12.8 Å². The summed E-state index contributed by atoms with van der Waals surface area (Å²) in [5.74, 6) is -4.92. The van der Waals surface area contributed by atoms with Crippen molar-refractivity contribution >= 4 is 17.7 Å². The van der Waals surface area contributed by atoms with Crippen molar-refractivity contribution < 1.29 is 53.0 Å². The highest BCUT2D eigenvalue weighted by atomic mass is 16.8. The minimum Gasteiger partial charge on any atom is -0.453 e. The Hall–Kier alpha value is -1.93. The van der Waals surface area contributed by atoms with Crippen LogP contribution < -0.4 is 0 Å². The summed E-state index contributed by atoms with van der Waals surface area (Å²) < 4.78 is 40.2. The van der Waals surface area contributed by atoms with E-state index in [2.05, 4.69) is 20.8 Å². The fourth-order valence-corrected chi connectivity index (χ4v) is 11.1. The molecule has 0 radical (unpaired) electrons. The van der Waals surface area contributed by atoms with Crippen molar-refractivity contribution in [3.63, 3.8) is 0 Å². The lowest BCUT2D eigenvalue weighted by atomic mass is 9.72. The molecule has 5 aliphatic heterocycles. The second-order valence-electron chi connectivity index (χ2n) is 19.4. The number of Topliss-reactive ketones (excluding diaryl/α,β-unsaturated/α-hetero) is 1. The van der Waals surface area contributed by atoms with Crippen molar-refractivity contribution in [1.82, 2.24) is 4.90 Å². The van der Waals surface area contributed by atoms with Crippen LogP contribution in [0.4, 0.5) is 0 Å². The number of carbonyl (C=O) groups excluding carboxylic acids is 3. The molecule has 18 atom stereocenters. The fourth-order valence-electron chi connectivity index (χ4n) is 11.1. The first kappa shape index (κ1) is 47.1. The van der Waals surface area contributed by atoms with Gasteiger partial charge in [0.2, 0.25) is 11.7 Å². The quantitative estimate of drug-likeness (QED) is 0.150. The highest BCUT2D eigenvalue weighted by Gasteiger charge is 2.64. The van der Waals surface area contributed by atoms with Gasteiger partial charge >= 0.3 is 5.97 Å². The predicted molar refractivity (Wildman–Crippen MR) is 219 cm³/mol. The van der Waals surface area contributed by atoms with E-state index in [1.807, 2.05) is 60.6 Å². The molecule has 12 nitrogen and oxygen atoms in total. The van der Waals surface area contributed by atoms with Crippen LogP contribution in [-0.4, -0.2) is 112 Å². The summed E-state index contributed by atoms with van der Waals surface area (Å²) in [6.45, 7) is 21.3. The number of hydrogen-bond donors (Lipinski definition) is 2. The van der Waals surface area contributed by atoms with Crippen LogP contribution in [0.3, 0.4) is 0 Å². The number of aliphatic hydroxyl groups excluding tert-OH is 1. The van der Waals surface area contributed by atoms with Gasteiger partial charge in [0.15, 0.2) is 11.9 Å². The van der Waals surface area contributed by atoms with Gasteiger partial charge in [-0.15, -0.1) is 0 Å². The zero-order valence-corrected chi connectivity index (χ0v) is 37.8. The lowest BCUT2D eigenvalue weighted by Gasteiger charge is -2.54. The SMILES string of the molecule is CC[C@@H](C(=O)[C@@H](C)[C@@H](O)[C@H](C)[C@@H]1O[C@@H]([C@@H](CC)C(=O)N(C)C)CC[C@@H]1C)[C@H]1O[C@]2(C=C[C@@H](OC(C)=O)[C@]3(CC[C@@](C)([C@H]4CC[C@](O)(CC)[C@H](C)O4)O3)O2)[C@H](C)C[C@@H]1C. The number of nitrogens with zero attached hydrogens (tertiary/aromatic N) is 1. The molecule has 58 heavy (non-hydrogen) atoms. The van der Waals surface area contributed by atoms with Gasteiger partial charge in [-0.3, -0.25) is 14.4 Å². The smallest absolute Gasteiger partial charge is 0.303 e. The number of rotatable bonds is 13. The molecule has 5 aliphatic rings. The molecule has 5 rings (SSSR count). The zero-order chi connectivity index (χ0) is 43.1. The second kappa shape index (κ2) is 18.2. The van der Waals surface area contributed by atoms with E-state index in [4.69, 9.17) is 28.4 Å². The first-order valence-electron chi connectivity index (χ1n) is 22.5. The minimum atomic E-state index is -1.37. The van der Waals surface area contributed by atoms with E-state index in [1.54, 1.807) is 19.0 Å². The Morgan fingerprint density at radius 3 is 2.16 bits per heavy atom. The summed E-state index contributed by atoms with van der Waals surface area (Å²) in [7, 11) is 3.54. The van der Waals surface area contributed by atoms with Crippen LogP contribution in [-0.2, 0) is 42.8 Å². The van der Waals surface area contributed by atoms with E-state index in [0.29, 0.717) is 51.4 Å². The molecule has 0 bridgehead atoms. The van der Waals surface area contributed by atoms with E-state index in [9.17, 15) is 24.6 Å². The molecule has 4 fully saturated rings. The third-order valence-corrected chi connectivity index (χ3v) is 15.2. The van der Waals surface area contributed by atoms with Gasteiger partial charge in [-0.25, -0.2) is 0 Å². The molecular weight excluding hydrogens is 743 g/mol. The van der Waals surface area contributed by atoms with Gasteiger partial charge in [0.05, 0.1) is 53.7 Å². The van der Waals surface area contributed by atoms with Gasteiger partial charge in [-0.1, -0.05) is 55.4 Å². The molecule has 0 aromatic rings. The highest BCUT2D eigenvalue weighted by Crippen LogP contribution is 2.54. The molecule has 0 aromatic carbocycles. The number of esters is 1. The lowest BCUT2D eigenvalue weighted by Crippen LogP contribution is -2.63. The van der Waals surface area contributed by atoms with Crippen LogP contribution in [0.25, 0.3) is 0 Å². The van der Waals surface area contributed by atoms with Crippen molar-refractivity contribution in [2.24, 2.45) is 41.4 Å². The number of amides is 1. The van der Waals surface area contributed by atoms with Crippen LogP contribution in [0.1, 0.15) is 140 Å². The van der Waals surface area contributed by atoms with E-state index in [-0.39, 0.29) is 65.7 Å². The van der Waals surface area contributed by atoms with Crippen LogP contribution in [0, 0.1) is 41.4 Å². The number of aliphatic hydroxyl groups is 2. The first-order valence-corrected chi connectivity index (χ1v) is 22.5. The molecule has 1 amide bonds. The molecule has 12 heteroatoms. The van der Waals surface area contributed by atoms with E-state index in [1.165, 1.54) is 6.92 Å². The van der Waals surface area contributed by atoms with E-state index >= 15 is 0 Å². The fraction of sp³-hybridized carbons (Fsp3) is 0.891. The third-order valence-electron chi connectivity index (χ3n) is 15.2. The van der Waals surface area contributed by atoms with Crippen molar-refractivity contribution in [2.75, 3.05) is 14.1 Å². The van der Waals surface area contributed by atoms with E-state index < -0.39 is 58.9 Å². The Kier molecular flexibility index (Phi) is 14.8. The minimum absolute atomic E-state index is 0.00214. The van der Waals surface area contributed by atoms with Gasteiger partial charge in [0.1, 0.15) is 5.78 Å². The molecular formula is C46H77NO11. The Balaban J connectivity index is 1.35. The molecule has 4 saturated heterocycles. The molecule has 0 aliphatic carbocycles. The van der Waals surface area contributed by atoms with Gasteiger partial charge < -0.3 is 43.5 Å². The molecule has 2 N–H and O–H groups in total. The molecule has 2 spiro atoms. The topological polar surface area (TPSA) is 150 Å². The zero-order valence-electron chi connectivity index (χ0n) is 37.8. The molecule has 5 heterocycles. The Morgan fingerprint density at radius 1 is 0.897 bits per heavy atom. The van der Waals surface area contributed by atoms with Gasteiger partial charge in [0.25, 0.3) is 0 Å². The Labute approximate surface area is 348 Å². The molecule has 332 valence electrons. The predicted octanol–water partition coefficient (Wildman–Crippen LogP) is 6.76. The maximum absolute atomic E-state index is 14.6. The second-order valence-corrected chi connectivity index (χ2v) is 19.4. The van der Waals surface area contributed by atoms with Gasteiger partial charge in [-0.2, -0.15) is 0 Å². The summed E-state index contributed by atoms with van der Waals surface area (Å²) in [6, 6.07) is 0. The average Bonchev–Trinajstić information content (AvgIpc) is 3.52. The van der Waals surface area contributed by atoms with Crippen molar-refractivity contribution in [3.05, 3.63) is 12.2 Å². The number of hydrogen-bond acceptors (Lipinski definition) is 11. The molecule has 0 aromatic heterocycles. The van der Waals surface area contributed by atoms with Crippen LogP contribution >= 0.6 is 0 Å². The van der Waals surface area contributed by atoms with Crippen LogP contribution in [0.15, 0.2) is 12.2 Å². The number of ketones is 1. The standard InChI is InChI=1S/C46H77NO11/c1-14-33(42(51)47(12)13)35-18-17-26(4)40(55-35)30(8)38(49)29(7)39(50)34(15-2)41-27(5)25-28(6)45(56-41)22-20-37(54-32(10)48)46(58-45)24-23-43(11,57-46)36-19-21-44(52,16-3)31(9)53-36/h20,22,26-31,33-38,40-41,49,52H,14-19,21,23-25H2,1-13H3/t26-,27-,28+,29-,30-,31-,33+,34-,35+,36+,37+,38+,40+,41-,43-,44+,45-,46-/m0/s1. The summed E-state index contributed by atoms with van der Waals surface area (Å²) in [6.07, 6.45) is 6.41. The maximum atomic E-state index is 14.6. The van der Waals surface area contributed by atoms with Crippen molar-refractivity contribution in [2.45, 2.75) is 206 Å². The maximum Gasteiger partial charge on any atom is 0.303 e. The largest absolute Gasteiger partial charge is 0.453 e.